The molecule has 3 aromatic rings. The summed E-state index contributed by atoms with van der Waals surface area (Å²) in [6.07, 6.45) is -0.236. The number of benzene rings is 2. The number of imide groups is 1. The zero-order valence-corrected chi connectivity index (χ0v) is 18.2. The first kappa shape index (κ1) is 20.7. The number of carbonyl (C=O) groups excluding carboxylic acids is 3. The van der Waals surface area contributed by atoms with Crippen molar-refractivity contribution in [3.05, 3.63) is 59.9 Å². The number of anilines is 1. The molecule has 2 aliphatic heterocycles. The van der Waals surface area contributed by atoms with Crippen LogP contribution in [0.5, 0.6) is 0 Å². The van der Waals surface area contributed by atoms with Gasteiger partial charge in [-0.3, -0.25) is 14.9 Å². The molecule has 0 radical (unpaired) electrons. The van der Waals surface area contributed by atoms with E-state index in [0.29, 0.717) is 30.3 Å². The van der Waals surface area contributed by atoms with Crippen LogP contribution in [0.2, 0.25) is 0 Å². The second kappa shape index (κ2) is 8.05. The maximum Gasteiger partial charge on any atom is 0.325 e. The van der Waals surface area contributed by atoms with Crippen molar-refractivity contribution in [2.24, 2.45) is 4.99 Å². The van der Waals surface area contributed by atoms with Crippen LogP contribution in [-0.2, 0) is 22.6 Å². The lowest BCUT2D eigenvalue weighted by atomic mass is 10.1. The average Bonchev–Trinajstić information content (AvgIpc) is 3.33. The Kier molecular flexibility index (Phi) is 5.04. The number of hydrogen-bond donors (Lipinski definition) is 3. The van der Waals surface area contributed by atoms with Gasteiger partial charge < -0.3 is 20.1 Å². The molecular formula is C23H23N7O3. The first-order valence-electron chi connectivity index (χ1n) is 10.6. The maximum absolute atomic E-state index is 12.8. The normalized spacial score (nSPS) is 20.0. The van der Waals surface area contributed by atoms with Gasteiger partial charge in [0.1, 0.15) is 11.7 Å². The SMILES string of the molecule is CC(=O)Nc1ccc2nc(CC3=NC4C(C(=O)NC(=O)N4C)N3Cc3ccccc3)[nH]c2c1. The molecule has 5 rings (SSSR count). The van der Waals surface area contributed by atoms with Crippen LogP contribution < -0.4 is 10.6 Å². The summed E-state index contributed by atoms with van der Waals surface area (Å²) >= 11 is 0. The maximum atomic E-state index is 12.8. The van der Waals surface area contributed by atoms with Gasteiger partial charge in [-0.25, -0.2) is 14.8 Å². The molecule has 10 nitrogen and oxygen atoms in total. The fourth-order valence-electron chi connectivity index (χ4n) is 4.28. The predicted octanol–water partition coefficient (Wildman–Crippen LogP) is 1.85. The van der Waals surface area contributed by atoms with Crippen molar-refractivity contribution in [1.82, 2.24) is 25.1 Å². The molecule has 0 saturated carbocycles. The lowest BCUT2D eigenvalue weighted by Crippen LogP contribution is -2.63. The summed E-state index contributed by atoms with van der Waals surface area (Å²) in [7, 11) is 1.64. The predicted molar refractivity (Wildman–Crippen MR) is 122 cm³/mol. The zero-order valence-electron chi connectivity index (χ0n) is 18.2. The number of hydrogen-bond acceptors (Lipinski definition) is 6. The van der Waals surface area contributed by atoms with Crippen LogP contribution in [-0.4, -0.2) is 62.7 Å². The van der Waals surface area contributed by atoms with Gasteiger partial charge in [0.05, 0.1) is 17.5 Å². The fourth-order valence-corrected chi connectivity index (χ4v) is 4.28. The molecule has 2 unspecified atom stereocenters. The Morgan fingerprint density at radius 3 is 2.70 bits per heavy atom. The lowest BCUT2D eigenvalue weighted by Gasteiger charge is -2.36. The zero-order chi connectivity index (χ0) is 23.1. The fraction of sp³-hybridized carbons (Fsp3) is 0.261. The minimum absolute atomic E-state index is 0.148. The molecule has 33 heavy (non-hydrogen) atoms. The number of aliphatic imine (C=N–C) groups is 1. The van der Waals surface area contributed by atoms with Gasteiger partial charge in [-0.05, 0) is 23.8 Å². The van der Waals surface area contributed by atoms with Gasteiger partial charge in [0.15, 0.2) is 12.2 Å². The quantitative estimate of drug-likeness (QED) is 0.553. The summed E-state index contributed by atoms with van der Waals surface area (Å²) in [5.41, 5.74) is 3.25. The largest absolute Gasteiger partial charge is 0.342 e. The molecule has 1 aromatic heterocycles. The molecule has 4 amide bonds. The van der Waals surface area contributed by atoms with Crippen molar-refractivity contribution in [1.29, 1.82) is 0 Å². The molecule has 2 aromatic carbocycles. The summed E-state index contributed by atoms with van der Waals surface area (Å²) < 4.78 is 0. The van der Waals surface area contributed by atoms with Gasteiger partial charge in [-0.15, -0.1) is 0 Å². The van der Waals surface area contributed by atoms with Crippen LogP contribution in [0.3, 0.4) is 0 Å². The highest BCUT2D eigenvalue weighted by molar-refractivity contribution is 6.04. The van der Waals surface area contributed by atoms with E-state index in [1.165, 1.54) is 11.8 Å². The Morgan fingerprint density at radius 1 is 1.15 bits per heavy atom. The average molecular weight is 445 g/mol. The summed E-state index contributed by atoms with van der Waals surface area (Å²) in [5.74, 6) is 0.842. The first-order chi connectivity index (χ1) is 15.9. The number of nitrogens with one attached hydrogen (secondary N) is 3. The van der Waals surface area contributed by atoms with Gasteiger partial charge >= 0.3 is 6.03 Å². The monoisotopic (exact) mass is 445 g/mol. The second-order valence-corrected chi connectivity index (χ2v) is 8.20. The van der Waals surface area contributed by atoms with E-state index < -0.39 is 18.2 Å². The molecule has 0 bridgehead atoms. The van der Waals surface area contributed by atoms with Gasteiger partial charge in [0.25, 0.3) is 5.91 Å². The number of nitrogens with zero attached hydrogens (tertiary/aromatic N) is 4. The highest BCUT2D eigenvalue weighted by Gasteiger charge is 2.48. The standard InChI is InChI=1S/C23H23N7O3/c1-13(31)24-15-8-9-16-17(10-15)26-18(25-16)11-19-27-21-20(22(32)28-23(33)29(21)2)30(19)12-14-6-4-3-5-7-14/h3-10,20-21H,11-12H2,1-2H3,(H,24,31)(H,25,26)(H,28,32,33). The van der Waals surface area contributed by atoms with E-state index >= 15 is 0 Å². The Balaban J connectivity index is 1.47. The van der Waals surface area contributed by atoms with Crippen LogP contribution in [0.4, 0.5) is 10.5 Å². The van der Waals surface area contributed by atoms with E-state index in [-0.39, 0.29) is 11.8 Å². The summed E-state index contributed by atoms with van der Waals surface area (Å²) in [6, 6.07) is 14.2. The van der Waals surface area contributed by atoms with Crippen molar-refractivity contribution in [2.45, 2.75) is 32.1 Å². The van der Waals surface area contributed by atoms with Crippen LogP contribution in [0.15, 0.2) is 53.5 Å². The third-order valence-corrected chi connectivity index (χ3v) is 5.82. The summed E-state index contributed by atoms with van der Waals surface area (Å²) in [5, 5.41) is 5.18. The molecule has 0 spiro atoms. The Morgan fingerprint density at radius 2 is 1.94 bits per heavy atom. The number of urea groups is 1. The second-order valence-electron chi connectivity index (χ2n) is 8.20. The Hall–Kier alpha value is -4.21. The molecule has 2 aliphatic rings. The number of H-pyrrole nitrogens is 1. The first-order valence-corrected chi connectivity index (χ1v) is 10.6. The third-order valence-electron chi connectivity index (χ3n) is 5.82. The smallest absolute Gasteiger partial charge is 0.325 e. The highest BCUT2D eigenvalue weighted by atomic mass is 16.2. The van der Waals surface area contributed by atoms with E-state index in [1.807, 2.05) is 47.4 Å². The number of aromatic amines is 1. The molecule has 3 heterocycles. The molecule has 1 saturated heterocycles. The Bertz CT molecular complexity index is 1280. The summed E-state index contributed by atoms with van der Waals surface area (Å²) in [4.78, 5) is 52.4. The molecule has 0 aliphatic carbocycles. The Labute approximate surface area is 189 Å². The van der Waals surface area contributed by atoms with E-state index in [0.717, 1.165) is 16.6 Å². The molecule has 1 fully saturated rings. The number of carbonyl (C=O) groups is 3. The number of aromatic nitrogens is 2. The number of likely N-dealkylation sites (N-methyl/N-ethyl adjacent to an activating group) is 1. The van der Waals surface area contributed by atoms with Gasteiger partial charge in [0.2, 0.25) is 5.91 Å². The highest BCUT2D eigenvalue weighted by Crippen LogP contribution is 2.27. The van der Waals surface area contributed by atoms with Crippen LogP contribution >= 0.6 is 0 Å². The van der Waals surface area contributed by atoms with Crippen LogP contribution in [0.25, 0.3) is 11.0 Å². The molecule has 3 N–H and O–H groups in total. The number of amidine groups is 1. The number of amides is 4. The van der Waals surface area contributed by atoms with E-state index in [1.54, 1.807) is 13.1 Å². The van der Waals surface area contributed by atoms with Crippen molar-refractivity contribution in [3.63, 3.8) is 0 Å². The van der Waals surface area contributed by atoms with Crippen molar-refractivity contribution >= 4 is 40.4 Å². The molecule has 2 atom stereocenters. The van der Waals surface area contributed by atoms with Crippen molar-refractivity contribution in [2.75, 3.05) is 12.4 Å². The number of fused-ring (bicyclic) bond motifs is 2. The minimum atomic E-state index is -0.612. The lowest BCUT2D eigenvalue weighted by molar-refractivity contribution is -0.127. The molecule has 168 valence electrons. The van der Waals surface area contributed by atoms with Crippen molar-refractivity contribution < 1.29 is 14.4 Å². The van der Waals surface area contributed by atoms with Crippen LogP contribution in [0.1, 0.15) is 18.3 Å². The van der Waals surface area contributed by atoms with Gasteiger partial charge in [0, 0.05) is 26.2 Å². The van der Waals surface area contributed by atoms with E-state index in [2.05, 4.69) is 20.6 Å². The van der Waals surface area contributed by atoms with Gasteiger partial charge in [-0.2, -0.15) is 0 Å². The van der Waals surface area contributed by atoms with Crippen molar-refractivity contribution in [3.8, 4) is 0 Å². The minimum Gasteiger partial charge on any atom is -0.342 e. The molecular weight excluding hydrogens is 422 g/mol. The topological polar surface area (TPSA) is 123 Å². The van der Waals surface area contributed by atoms with Crippen LogP contribution in [0, 0.1) is 0 Å². The third kappa shape index (κ3) is 3.91. The molecule has 10 heteroatoms. The van der Waals surface area contributed by atoms with Gasteiger partial charge in [-0.1, -0.05) is 30.3 Å². The van der Waals surface area contributed by atoms with E-state index in [4.69, 9.17) is 4.99 Å². The number of rotatable bonds is 5. The number of imidazole rings is 1. The summed E-state index contributed by atoms with van der Waals surface area (Å²) in [6.45, 7) is 1.93. The van der Waals surface area contributed by atoms with E-state index in [9.17, 15) is 14.4 Å².